The maximum Gasteiger partial charge on any atom is 0.00670 e. The highest BCUT2D eigenvalue weighted by molar-refractivity contribution is 4.82. The fourth-order valence-electron chi connectivity index (χ4n) is 2.98. The van der Waals surface area contributed by atoms with Crippen LogP contribution in [0.25, 0.3) is 0 Å². The number of hydrogen-bond acceptors (Lipinski definition) is 1. The summed E-state index contributed by atoms with van der Waals surface area (Å²) in [5.74, 6) is 2.06. The van der Waals surface area contributed by atoms with Crippen LogP contribution in [0.5, 0.6) is 0 Å². The summed E-state index contributed by atoms with van der Waals surface area (Å²) in [6.45, 7) is 7.55. The Morgan fingerprint density at radius 2 is 1.92 bits per heavy atom. The Kier molecular flexibility index (Phi) is 2.92. The molecule has 1 saturated heterocycles. The fraction of sp³-hybridized carbons (Fsp3) is 1.00. The number of nitrogens with zero attached hydrogens (tertiary/aromatic N) is 1. The Labute approximate surface area is 82.5 Å². The molecule has 2 rings (SSSR count). The summed E-state index contributed by atoms with van der Waals surface area (Å²) < 4.78 is 0. The van der Waals surface area contributed by atoms with Crippen LogP contribution in [0.1, 0.15) is 46.0 Å². The molecular formula is C12H23N. The standard InChI is InChI=1S/C12H23N/c1-10-7-12(8-10)9-13-6-4-3-5-11(13)2/h10-12H,3-9H2,1-2H3/t10?,11-,12?/m0/s1. The van der Waals surface area contributed by atoms with Crippen LogP contribution in [0.15, 0.2) is 0 Å². The molecule has 1 nitrogen and oxygen atoms in total. The molecule has 1 aliphatic carbocycles. The van der Waals surface area contributed by atoms with Crippen molar-refractivity contribution in [2.45, 2.75) is 52.0 Å². The van der Waals surface area contributed by atoms with Gasteiger partial charge in [0.05, 0.1) is 0 Å². The molecule has 2 aliphatic rings. The highest BCUT2D eigenvalue weighted by Crippen LogP contribution is 2.34. The van der Waals surface area contributed by atoms with Gasteiger partial charge >= 0.3 is 0 Å². The van der Waals surface area contributed by atoms with Crippen LogP contribution >= 0.6 is 0 Å². The predicted octanol–water partition coefficient (Wildman–Crippen LogP) is 2.91. The van der Waals surface area contributed by atoms with Gasteiger partial charge in [-0.1, -0.05) is 13.3 Å². The third-order valence-corrected chi connectivity index (χ3v) is 3.90. The summed E-state index contributed by atoms with van der Waals surface area (Å²) in [6, 6.07) is 0.865. The van der Waals surface area contributed by atoms with E-state index in [2.05, 4.69) is 18.7 Å². The van der Waals surface area contributed by atoms with Crippen molar-refractivity contribution in [1.29, 1.82) is 0 Å². The van der Waals surface area contributed by atoms with E-state index < -0.39 is 0 Å². The minimum Gasteiger partial charge on any atom is -0.300 e. The Bertz CT molecular complexity index is 161. The monoisotopic (exact) mass is 181 g/mol. The summed E-state index contributed by atoms with van der Waals surface area (Å²) >= 11 is 0. The third kappa shape index (κ3) is 2.25. The summed E-state index contributed by atoms with van der Waals surface area (Å²) in [5, 5.41) is 0. The van der Waals surface area contributed by atoms with E-state index >= 15 is 0 Å². The van der Waals surface area contributed by atoms with Crippen molar-refractivity contribution in [1.82, 2.24) is 4.90 Å². The van der Waals surface area contributed by atoms with Crippen LogP contribution in [0, 0.1) is 11.8 Å². The van der Waals surface area contributed by atoms with Gasteiger partial charge in [0.2, 0.25) is 0 Å². The van der Waals surface area contributed by atoms with Crippen molar-refractivity contribution < 1.29 is 0 Å². The van der Waals surface area contributed by atoms with E-state index in [0.29, 0.717) is 0 Å². The maximum absolute atomic E-state index is 2.72. The molecule has 0 bridgehead atoms. The zero-order valence-corrected chi connectivity index (χ0v) is 9.13. The van der Waals surface area contributed by atoms with Crippen molar-refractivity contribution in [3.05, 3.63) is 0 Å². The first-order valence-electron chi connectivity index (χ1n) is 5.99. The van der Waals surface area contributed by atoms with Crippen molar-refractivity contribution in [2.75, 3.05) is 13.1 Å². The smallest absolute Gasteiger partial charge is 0.00670 e. The molecule has 0 amide bonds. The number of piperidine rings is 1. The summed E-state index contributed by atoms with van der Waals surface area (Å²) in [7, 11) is 0. The highest BCUT2D eigenvalue weighted by Gasteiger charge is 2.29. The Balaban J connectivity index is 1.73. The van der Waals surface area contributed by atoms with E-state index in [1.165, 1.54) is 45.2 Å². The van der Waals surface area contributed by atoms with Crippen LogP contribution < -0.4 is 0 Å². The fourth-order valence-corrected chi connectivity index (χ4v) is 2.98. The molecule has 1 heterocycles. The summed E-state index contributed by atoms with van der Waals surface area (Å²) in [4.78, 5) is 2.72. The lowest BCUT2D eigenvalue weighted by Crippen LogP contribution is -2.43. The third-order valence-electron chi connectivity index (χ3n) is 3.90. The van der Waals surface area contributed by atoms with E-state index in [9.17, 15) is 0 Å². The molecule has 1 saturated carbocycles. The largest absolute Gasteiger partial charge is 0.300 e. The van der Waals surface area contributed by atoms with Gasteiger partial charge in [-0.15, -0.1) is 0 Å². The molecular weight excluding hydrogens is 158 g/mol. The van der Waals surface area contributed by atoms with Crippen molar-refractivity contribution in [3.63, 3.8) is 0 Å². The van der Waals surface area contributed by atoms with Crippen LogP contribution in [-0.4, -0.2) is 24.0 Å². The van der Waals surface area contributed by atoms with E-state index in [4.69, 9.17) is 0 Å². The first-order valence-corrected chi connectivity index (χ1v) is 5.99. The lowest BCUT2D eigenvalue weighted by atomic mass is 9.75. The second-order valence-corrected chi connectivity index (χ2v) is 5.28. The zero-order chi connectivity index (χ0) is 9.26. The number of hydrogen-bond donors (Lipinski definition) is 0. The minimum absolute atomic E-state index is 0.865. The molecule has 76 valence electrons. The topological polar surface area (TPSA) is 3.24 Å². The molecule has 1 aliphatic heterocycles. The molecule has 2 fully saturated rings. The van der Waals surface area contributed by atoms with Gasteiger partial charge in [0.15, 0.2) is 0 Å². The first kappa shape index (κ1) is 9.51. The average molecular weight is 181 g/mol. The van der Waals surface area contributed by atoms with Crippen molar-refractivity contribution in [2.24, 2.45) is 11.8 Å². The normalized spacial score (nSPS) is 41.5. The summed E-state index contributed by atoms with van der Waals surface area (Å²) in [5.41, 5.74) is 0. The molecule has 1 heteroatoms. The molecule has 1 atom stereocenters. The van der Waals surface area contributed by atoms with E-state index in [-0.39, 0.29) is 0 Å². The SMILES string of the molecule is CC1CC(CN2CCCC[C@@H]2C)C1. The summed E-state index contributed by atoms with van der Waals surface area (Å²) in [6.07, 6.45) is 7.31. The van der Waals surface area contributed by atoms with Gasteiger partial charge in [0, 0.05) is 12.6 Å². The molecule has 0 aromatic rings. The van der Waals surface area contributed by atoms with Crippen molar-refractivity contribution in [3.8, 4) is 0 Å². The van der Waals surface area contributed by atoms with Crippen molar-refractivity contribution >= 4 is 0 Å². The van der Waals surface area contributed by atoms with Gasteiger partial charge in [-0.25, -0.2) is 0 Å². The van der Waals surface area contributed by atoms with E-state index in [1.54, 1.807) is 0 Å². The number of rotatable bonds is 2. The molecule has 0 N–H and O–H groups in total. The Morgan fingerprint density at radius 1 is 1.15 bits per heavy atom. The molecule has 0 aromatic carbocycles. The van der Waals surface area contributed by atoms with Crippen LogP contribution in [0.2, 0.25) is 0 Å². The molecule has 0 unspecified atom stereocenters. The van der Waals surface area contributed by atoms with Gasteiger partial charge in [-0.3, -0.25) is 0 Å². The number of likely N-dealkylation sites (tertiary alicyclic amines) is 1. The Hall–Kier alpha value is -0.0400. The average Bonchev–Trinajstić information content (AvgIpc) is 2.06. The quantitative estimate of drug-likeness (QED) is 0.633. The molecule has 0 aromatic heterocycles. The van der Waals surface area contributed by atoms with E-state index in [1.807, 2.05) is 0 Å². The van der Waals surface area contributed by atoms with Gasteiger partial charge in [-0.05, 0) is 51.0 Å². The van der Waals surface area contributed by atoms with Crippen LogP contribution in [0.4, 0.5) is 0 Å². The Morgan fingerprint density at radius 3 is 2.54 bits per heavy atom. The first-order chi connectivity index (χ1) is 6.25. The van der Waals surface area contributed by atoms with Gasteiger partial charge < -0.3 is 4.90 Å². The lowest BCUT2D eigenvalue weighted by Gasteiger charge is -2.41. The maximum atomic E-state index is 2.72. The second-order valence-electron chi connectivity index (χ2n) is 5.28. The molecule has 0 radical (unpaired) electrons. The lowest BCUT2D eigenvalue weighted by molar-refractivity contribution is 0.0866. The molecule has 0 spiro atoms. The predicted molar refractivity (Wildman–Crippen MR) is 56.8 cm³/mol. The second kappa shape index (κ2) is 4.00. The van der Waals surface area contributed by atoms with Crippen LogP contribution in [0.3, 0.4) is 0 Å². The highest BCUT2D eigenvalue weighted by atomic mass is 15.2. The van der Waals surface area contributed by atoms with Gasteiger partial charge in [0.1, 0.15) is 0 Å². The molecule has 13 heavy (non-hydrogen) atoms. The van der Waals surface area contributed by atoms with Crippen LogP contribution in [-0.2, 0) is 0 Å². The van der Waals surface area contributed by atoms with E-state index in [0.717, 1.165) is 17.9 Å². The zero-order valence-electron chi connectivity index (χ0n) is 9.13. The van der Waals surface area contributed by atoms with Gasteiger partial charge in [0.25, 0.3) is 0 Å². The van der Waals surface area contributed by atoms with Gasteiger partial charge in [-0.2, -0.15) is 0 Å². The minimum atomic E-state index is 0.865.